The zero-order valence-corrected chi connectivity index (χ0v) is 11.5. The summed E-state index contributed by atoms with van der Waals surface area (Å²) in [5.74, 6) is 0. The van der Waals surface area contributed by atoms with Crippen molar-refractivity contribution in [2.45, 2.75) is 6.54 Å². The molecule has 0 unspecified atom stereocenters. The fourth-order valence-corrected chi connectivity index (χ4v) is 2.16. The van der Waals surface area contributed by atoms with Gasteiger partial charge in [-0.1, -0.05) is 28.1 Å². The van der Waals surface area contributed by atoms with E-state index in [0.717, 1.165) is 10.0 Å². The molecule has 0 atom stereocenters. The van der Waals surface area contributed by atoms with Gasteiger partial charge in [-0.15, -0.1) is 0 Å². The number of pyridine rings is 1. The molecule has 2 heterocycles. The maximum absolute atomic E-state index is 12.3. The van der Waals surface area contributed by atoms with Crippen molar-refractivity contribution in [1.29, 1.82) is 0 Å². The van der Waals surface area contributed by atoms with Crippen LogP contribution in [0.5, 0.6) is 0 Å². The van der Waals surface area contributed by atoms with Gasteiger partial charge in [0.25, 0.3) is 5.56 Å². The summed E-state index contributed by atoms with van der Waals surface area (Å²) in [5, 5.41) is 4.75. The van der Waals surface area contributed by atoms with Gasteiger partial charge in [-0.25, -0.2) is 4.68 Å². The Labute approximate surface area is 117 Å². The lowest BCUT2D eigenvalue weighted by atomic mass is 10.2. The molecule has 0 saturated carbocycles. The molecule has 3 rings (SSSR count). The second-order valence-corrected chi connectivity index (χ2v) is 5.09. The van der Waals surface area contributed by atoms with Crippen molar-refractivity contribution in [2.24, 2.45) is 0 Å². The van der Waals surface area contributed by atoms with E-state index in [2.05, 4.69) is 26.0 Å². The average molecular weight is 316 g/mol. The molecule has 0 aliphatic rings. The number of hydrogen-bond donors (Lipinski definition) is 0. The van der Waals surface area contributed by atoms with Gasteiger partial charge in [-0.05, 0) is 29.8 Å². The van der Waals surface area contributed by atoms with E-state index < -0.39 is 0 Å². The maximum atomic E-state index is 12.3. The Kier molecular flexibility index (Phi) is 3.13. The van der Waals surface area contributed by atoms with Crippen LogP contribution in [0.15, 0.2) is 58.1 Å². The van der Waals surface area contributed by atoms with Gasteiger partial charge in [-0.2, -0.15) is 5.10 Å². The average Bonchev–Trinajstić information content (AvgIpc) is 2.45. The fourth-order valence-electron chi connectivity index (χ4n) is 1.89. The molecule has 3 aromatic rings. The van der Waals surface area contributed by atoms with E-state index in [1.807, 2.05) is 24.3 Å². The molecule has 0 spiro atoms. The highest BCUT2D eigenvalue weighted by Crippen LogP contribution is 2.11. The van der Waals surface area contributed by atoms with Crippen LogP contribution in [0.3, 0.4) is 0 Å². The Balaban J connectivity index is 2.04. The first-order valence-electron chi connectivity index (χ1n) is 5.79. The van der Waals surface area contributed by atoms with E-state index in [9.17, 15) is 4.79 Å². The molecule has 19 heavy (non-hydrogen) atoms. The van der Waals surface area contributed by atoms with E-state index in [-0.39, 0.29) is 5.56 Å². The first-order chi connectivity index (χ1) is 9.24. The molecule has 94 valence electrons. The molecule has 2 aromatic heterocycles. The van der Waals surface area contributed by atoms with Crippen LogP contribution in [0, 0.1) is 0 Å². The summed E-state index contributed by atoms with van der Waals surface area (Å²) >= 11 is 3.39. The first kappa shape index (κ1) is 12.0. The van der Waals surface area contributed by atoms with Gasteiger partial charge in [0.2, 0.25) is 0 Å². The lowest BCUT2D eigenvalue weighted by Gasteiger charge is -2.05. The zero-order valence-electron chi connectivity index (χ0n) is 9.95. The SMILES string of the molecule is O=c1c2cccnc2cnn1Cc1ccc(Br)cc1. The zero-order chi connectivity index (χ0) is 13.2. The van der Waals surface area contributed by atoms with Gasteiger partial charge in [-0.3, -0.25) is 9.78 Å². The third-order valence-electron chi connectivity index (χ3n) is 2.87. The van der Waals surface area contributed by atoms with Gasteiger partial charge in [0, 0.05) is 10.7 Å². The Morgan fingerprint density at radius 1 is 1.16 bits per heavy atom. The predicted octanol–water partition coefficient (Wildman–Crippen LogP) is 2.60. The van der Waals surface area contributed by atoms with Crippen LogP contribution in [0.4, 0.5) is 0 Å². The van der Waals surface area contributed by atoms with Crippen molar-refractivity contribution in [3.63, 3.8) is 0 Å². The number of halogens is 1. The second-order valence-electron chi connectivity index (χ2n) is 4.17. The van der Waals surface area contributed by atoms with Crippen LogP contribution in [-0.2, 0) is 6.54 Å². The normalized spacial score (nSPS) is 10.8. The van der Waals surface area contributed by atoms with Gasteiger partial charge in [0.1, 0.15) is 0 Å². The topological polar surface area (TPSA) is 47.8 Å². The minimum atomic E-state index is -0.117. The Morgan fingerprint density at radius 2 is 1.95 bits per heavy atom. The van der Waals surface area contributed by atoms with Crippen molar-refractivity contribution in [3.05, 3.63) is 69.2 Å². The van der Waals surface area contributed by atoms with Crippen LogP contribution < -0.4 is 5.56 Å². The molecular weight excluding hydrogens is 306 g/mol. The van der Waals surface area contributed by atoms with Crippen LogP contribution >= 0.6 is 15.9 Å². The number of fused-ring (bicyclic) bond motifs is 1. The van der Waals surface area contributed by atoms with E-state index in [4.69, 9.17) is 0 Å². The lowest BCUT2D eigenvalue weighted by molar-refractivity contribution is 0.646. The molecule has 5 heteroatoms. The Hall–Kier alpha value is -2.01. The fraction of sp³-hybridized carbons (Fsp3) is 0.0714. The lowest BCUT2D eigenvalue weighted by Crippen LogP contribution is -2.23. The van der Waals surface area contributed by atoms with Gasteiger partial charge >= 0.3 is 0 Å². The summed E-state index contributed by atoms with van der Waals surface area (Å²) in [6, 6.07) is 11.3. The number of benzene rings is 1. The molecule has 1 aromatic carbocycles. The molecule has 0 bridgehead atoms. The quantitative estimate of drug-likeness (QED) is 0.730. The third kappa shape index (κ3) is 2.42. The summed E-state index contributed by atoms with van der Waals surface area (Å²) in [5.41, 5.74) is 1.54. The molecular formula is C14H10BrN3O. The van der Waals surface area contributed by atoms with E-state index >= 15 is 0 Å². The van der Waals surface area contributed by atoms with Gasteiger partial charge < -0.3 is 0 Å². The van der Waals surface area contributed by atoms with Crippen LogP contribution in [0.25, 0.3) is 10.9 Å². The minimum absolute atomic E-state index is 0.117. The molecule has 0 saturated heterocycles. The summed E-state index contributed by atoms with van der Waals surface area (Å²) in [6.45, 7) is 0.455. The summed E-state index contributed by atoms with van der Waals surface area (Å²) in [4.78, 5) is 16.4. The second kappa shape index (κ2) is 4.93. The summed E-state index contributed by atoms with van der Waals surface area (Å²) in [6.07, 6.45) is 3.28. The Bertz CT molecular complexity index is 781. The van der Waals surface area contributed by atoms with Crippen molar-refractivity contribution >= 4 is 26.8 Å². The smallest absolute Gasteiger partial charge is 0.267 e. The summed E-state index contributed by atoms with van der Waals surface area (Å²) < 4.78 is 2.46. The maximum Gasteiger partial charge on any atom is 0.276 e. The molecule has 0 amide bonds. The first-order valence-corrected chi connectivity index (χ1v) is 6.58. The molecule has 0 fully saturated rings. The number of nitrogens with zero attached hydrogens (tertiary/aromatic N) is 3. The van der Waals surface area contributed by atoms with Gasteiger partial charge in [0.05, 0.1) is 23.6 Å². The van der Waals surface area contributed by atoms with Crippen LogP contribution in [0.1, 0.15) is 5.56 Å². The molecule has 0 aliphatic heterocycles. The predicted molar refractivity (Wildman–Crippen MR) is 77.0 cm³/mol. The highest BCUT2D eigenvalue weighted by Gasteiger charge is 2.04. The van der Waals surface area contributed by atoms with Gasteiger partial charge in [0.15, 0.2) is 0 Å². The largest absolute Gasteiger partial charge is 0.276 e. The van der Waals surface area contributed by atoms with E-state index in [1.165, 1.54) is 4.68 Å². The number of rotatable bonds is 2. The minimum Gasteiger partial charge on any atom is -0.267 e. The van der Waals surface area contributed by atoms with Crippen molar-refractivity contribution in [3.8, 4) is 0 Å². The monoisotopic (exact) mass is 315 g/mol. The van der Waals surface area contributed by atoms with Crippen LogP contribution in [0.2, 0.25) is 0 Å². The number of hydrogen-bond acceptors (Lipinski definition) is 3. The summed E-state index contributed by atoms with van der Waals surface area (Å²) in [7, 11) is 0. The molecule has 4 nitrogen and oxygen atoms in total. The molecule has 0 aliphatic carbocycles. The van der Waals surface area contributed by atoms with E-state index in [1.54, 1.807) is 24.5 Å². The standard InChI is InChI=1S/C14H10BrN3O/c15-11-5-3-10(4-6-11)9-18-14(19)12-2-1-7-16-13(12)8-17-18/h1-8H,9H2. The van der Waals surface area contributed by atoms with Crippen molar-refractivity contribution in [2.75, 3.05) is 0 Å². The Morgan fingerprint density at radius 3 is 2.74 bits per heavy atom. The van der Waals surface area contributed by atoms with E-state index in [0.29, 0.717) is 17.4 Å². The van der Waals surface area contributed by atoms with Crippen LogP contribution in [-0.4, -0.2) is 14.8 Å². The number of aromatic nitrogens is 3. The molecule has 0 N–H and O–H groups in total. The van der Waals surface area contributed by atoms with Crippen molar-refractivity contribution in [1.82, 2.24) is 14.8 Å². The van der Waals surface area contributed by atoms with Crippen molar-refractivity contribution < 1.29 is 0 Å². The third-order valence-corrected chi connectivity index (χ3v) is 3.40. The highest BCUT2D eigenvalue weighted by molar-refractivity contribution is 9.10. The molecule has 0 radical (unpaired) electrons. The highest BCUT2D eigenvalue weighted by atomic mass is 79.9.